The first-order chi connectivity index (χ1) is 9.58. The Labute approximate surface area is 119 Å². The number of anilines is 4. The van der Waals surface area contributed by atoms with Crippen LogP contribution < -0.4 is 21.5 Å². The first-order valence-electron chi connectivity index (χ1n) is 6.77. The van der Waals surface area contributed by atoms with Crippen LogP contribution in [0.3, 0.4) is 0 Å². The summed E-state index contributed by atoms with van der Waals surface area (Å²) in [4.78, 5) is 0. The fourth-order valence-corrected chi connectivity index (χ4v) is 1.78. The van der Waals surface area contributed by atoms with E-state index in [0.717, 1.165) is 23.5 Å². The molecule has 0 aromatic heterocycles. The zero-order chi connectivity index (χ0) is 14.5. The predicted molar refractivity (Wildman–Crippen MR) is 85.4 cm³/mol. The number of hydrogen-bond acceptors (Lipinski definition) is 4. The largest absolute Gasteiger partial charge is 0.491 e. The van der Waals surface area contributed by atoms with Gasteiger partial charge in [0.1, 0.15) is 5.75 Å². The molecule has 0 heterocycles. The summed E-state index contributed by atoms with van der Waals surface area (Å²) in [7, 11) is 0. The van der Waals surface area contributed by atoms with Gasteiger partial charge in [-0.15, -0.1) is 0 Å². The fraction of sp³-hybridized carbons (Fsp3) is 0.250. The Morgan fingerprint density at radius 3 is 2.40 bits per heavy atom. The molecule has 2 aromatic carbocycles. The maximum Gasteiger partial charge on any atom is 0.119 e. The van der Waals surface area contributed by atoms with Gasteiger partial charge in [0, 0.05) is 11.4 Å². The average Bonchev–Trinajstić information content (AvgIpc) is 2.44. The van der Waals surface area contributed by atoms with Gasteiger partial charge in [-0.25, -0.2) is 0 Å². The van der Waals surface area contributed by atoms with Crippen LogP contribution in [0.2, 0.25) is 0 Å². The normalized spacial score (nSPS) is 11.9. The molecule has 1 unspecified atom stereocenters. The molecule has 5 N–H and O–H groups in total. The molecule has 20 heavy (non-hydrogen) atoms. The van der Waals surface area contributed by atoms with Gasteiger partial charge in [0.25, 0.3) is 0 Å². The summed E-state index contributed by atoms with van der Waals surface area (Å²) in [5, 5.41) is 3.26. The zero-order valence-corrected chi connectivity index (χ0v) is 11.9. The number of hydrogen-bond donors (Lipinski definition) is 3. The van der Waals surface area contributed by atoms with Crippen molar-refractivity contribution in [1.29, 1.82) is 0 Å². The standard InChI is InChI=1S/C16H21N3O/c1-3-11(2)20-14-7-5-13(6-8-14)19-16-9-4-12(17)10-15(16)18/h4-11,19H,3,17-18H2,1-2H3. The van der Waals surface area contributed by atoms with Crippen LogP contribution in [-0.4, -0.2) is 6.10 Å². The lowest BCUT2D eigenvalue weighted by atomic mass is 10.2. The lowest BCUT2D eigenvalue weighted by Gasteiger charge is -2.14. The quantitative estimate of drug-likeness (QED) is 0.724. The molecule has 0 aliphatic rings. The summed E-state index contributed by atoms with van der Waals surface area (Å²) >= 11 is 0. The summed E-state index contributed by atoms with van der Waals surface area (Å²) < 4.78 is 5.74. The van der Waals surface area contributed by atoms with E-state index >= 15 is 0 Å². The first kappa shape index (κ1) is 14.1. The highest BCUT2D eigenvalue weighted by atomic mass is 16.5. The van der Waals surface area contributed by atoms with Crippen LogP contribution >= 0.6 is 0 Å². The van der Waals surface area contributed by atoms with E-state index in [2.05, 4.69) is 19.2 Å². The number of nitrogens with one attached hydrogen (secondary N) is 1. The van der Waals surface area contributed by atoms with E-state index in [-0.39, 0.29) is 6.10 Å². The van der Waals surface area contributed by atoms with Gasteiger partial charge in [-0.05, 0) is 55.8 Å². The van der Waals surface area contributed by atoms with Crippen LogP contribution in [0.25, 0.3) is 0 Å². The number of benzene rings is 2. The molecule has 0 saturated heterocycles. The molecule has 2 rings (SSSR count). The van der Waals surface area contributed by atoms with E-state index in [0.29, 0.717) is 11.4 Å². The van der Waals surface area contributed by atoms with Crippen molar-refractivity contribution >= 4 is 22.7 Å². The molecule has 0 amide bonds. The number of ether oxygens (including phenoxy) is 1. The maximum absolute atomic E-state index is 5.92. The third-order valence-corrected chi connectivity index (χ3v) is 3.12. The first-order valence-corrected chi connectivity index (χ1v) is 6.77. The molecule has 1 atom stereocenters. The van der Waals surface area contributed by atoms with Gasteiger partial charge in [0.2, 0.25) is 0 Å². The van der Waals surface area contributed by atoms with Crippen LogP contribution in [0.1, 0.15) is 20.3 Å². The molecule has 0 saturated carbocycles. The van der Waals surface area contributed by atoms with Crippen molar-refractivity contribution in [2.75, 3.05) is 16.8 Å². The molecular formula is C16H21N3O. The van der Waals surface area contributed by atoms with E-state index < -0.39 is 0 Å². The van der Waals surface area contributed by atoms with E-state index in [1.807, 2.05) is 36.4 Å². The summed E-state index contributed by atoms with van der Waals surface area (Å²) in [5.41, 5.74) is 14.7. The molecule has 0 spiro atoms. The molecule has 2 aromatic rings. The van der Waals surface area contributed by atoms with Gasteiger partial charge >= 0.3 is 0 Å². The molecule has 0 fully saturated rings. The minimum Gasteiger partial charge on any atom is -0.491 e. The molecule has 4 nitrogen and oxygen atoms in total. The van der Waals surface area contributed by atoms with Gasteiger partial charge in [0.05, 0.1) is 17.5 Å². The van der Waals surface area contributed by atoms with E-state index in [4.69, 9.17) is 16.2 Å². The second-order valence-electron chi connectivity index (χ2n) is 4.83. The molecule has 0 bridgehead atoms. The Bertz CT molecular complexity index is 566. The number of rotatable bonds is 5. The van der Waals surface area contributed by atoms with E-state index in [9.17, 15) is 0 Å². The molecule has 0 radical (unpaired) electrons. The number of nitrogen functional groups attached to an aromatic ring is 2. The van der Waals surface area contributed by atoms with Crippen molar-refractivity contribution in [2.45, 2.75) is 26.4 Å². The van der Waals surface area contributed by atoms with Gasteiger partial charge in [-0.3, -0.25) is 0 Å². The van der Waals surface area contributed by atoms with Gasteiger partial charge < -0.3 is 21.5 Å². The Balaban J connectivity index is 2.07. The maximum atomic E-state index is 5.92. The lowest BCUT2D eigenvalue weighted by Crippen LogP contribution is -2.09. The SMILES string of the molecule is CCC(C)Oc1ccc(Nc2ccc(N)cc2N)cc1. The van der Waals surface area contributed by atoms with Crippen LogP contribution in [0.5, 0.6) is 5.75 Å². The molecule has 4 heteroatoms. The van der Waals surface area contributed by atoms with Crippen molar-refractivity contribution in [1.82, 2.24) is 0 Å². The van der Waals surface area contributed by atoms with Gasteiger partial charge in [0.15, 0.2) is 0 Å². The van der Waals surface area contributed by atoms with Crippen LogP contribution in [-0.2, 0) is 0 Å². The van der Waals surface area contributed by atoms with Crippen LogP contribution in [0.4, 0.5) is 22.7 Å². The minimum atomic E-state index is 0.224. The van der Waals surface area contributed by atoms with E-state index in [1.54, 1.807) is 6.07 Å². The third-order valence-electron chi connectivity index (χ3n) is 3.12. The van der Waals surface area contributed by atoms with Gasteiger partial charge in [-0.1, -0.05) is 6.92 Å². The highest BCUT2D eigenvalue weighted by Gasteiger charge is 2.03. The minimum absolute atomic E-state index is 0.224. The summed E-state index contributed by atoms with van der Waals surface area (Å²) in [5.74, 6) is 0.871. The Kier molecular flexibility index (Phi) is 4.35. The van der Waals surface area contributed by atoms with Gasteiger partial charge in [-0.2, -0.15) is 0 Å². The number of nitrogens with two attached hydrogens (primary N) is 2. The molecule has 0 aliphatic heterocycles. The fourth-order valence-electron chi connectivity index (χ4n) is 1.78. The van der Waals surface area contributed by atoms with Crippen molar-refractivity contribution in [2.24, 2.45) is 0 Å². The topological polar surface area (TPSA) is 73.3 Å². The Hall–Kier alpha value is -2.36. The molecular weight excluding hydrogens is 250 g/mol. The Morgan fingerprint density at radius 2 is 1.80 bits per heavy atom. The highest BCUT2D eigenvalue weighted by molar-refractivity contribution is 5.75. The van der Waals surface area contributed by atoms with Crippen LogP contribution in [0, 0.1) is 0 Å². The third kappa shape index (κ3) is 3.57. The zero-order valence-electron chi connectivity index (χ0n) is 11.9. The second-order valence-corrected chi connectivity index (χ2v) is 4.83. The summed E-state index contributed by atoms with van der Waals surface area (Å²) in [6, 6.07) is 13.3. The second kappa shape index (κ2) is 6.19. The summed E-state index contributed by atoms with van der Waals surface area (Å²) in [6.07, 6.45) is 1.21. The van der Waals surface area contributed by atoms with Crippen molar-refractivity contribution in [3.63, 3.8) is 0 Å². The monoisotopic (exact) mass is 271 g/mol. The molecule has 106 valence electrons. The lowest BCUT2D eigenvalue weighted by molar-refractivity contribution is 0.217. The Morgan fingerprint density at radius 1 is 1.10 bits per heavy atom. The summed E-state index contributed by atoms with van der Waals surface area (Å²) in [6.45, 7) is 4.16. The van der Waals surface area contributed by atoms with Crippen molar-refractivity contribution < 1.29 is 4.74 Å². The highest BCUT2D eigenvalue weighted by Crippen LogP contribution is 2.26. The molecule has 0 aliphatic carbocycles. The van der Waals surface area contributed by atoms with E-state index in [1.165, 1.54) is 0 Å². The van der Waals surface area contributed by atoms with Crippen molar-refractivity contribution in [3.05, 3.63) is 42.5 Å². The van der Waals surface area contributed by atoms with Crippen LogP contribution in [0.15, 0.2) is 42.5 Å². The smallest absolute Gasteiger partial charge is 0.119 e. The van der Waals surface area contributed by atoms with Crippen molar-refractivity contribution in [3.8, 4) is 5.75 Å². The predicted octanol–water partition coefficient (Wildman–Crippen LogP) is 3.77. The average molecular weight is 271 g/mol.